The van der Waals surface area contributed by atoms with Crippen molar-refractivity contribution in [1.82, 2.24) is 19.5 Å². The molecule has 0 aliphatic carbocycles. The van der Waals surface area contributed by atoms with Crippen LogP contribution in [0.5, 0.6) is 0 Å². The normalized spacial score (nSPS) is 19.7. The van der Waals surface area contributed by atoms with Gasteiger partial charge >= 0.3 is 0 Å². The van der Waals surface area contributed by atoms with E-state index in [0.717, 1.165) is 19.4 Å². The summed E-state index contributed by atoms with van der Waals surface area (Å²) in [6.07, 6.45) is 3.29. The van der Waals surface area contributed by atoms with Crippen LogP contribution in [0, 0.1) is 0 Å². The maximum Gasteiger partial charge on any atom is 0.267 e. The molecule has 1 unspecified atom stereocenters. The molecule has 1 aromatic heterocycles. The van der Waals surface area contributed by atoms with Crippen molar-refractivity contribution in [2.45, 2.75) is 23.8 Å². The zero-order valence-corrected chi connectivity index (χ0v) is 13.4. The summed E-state index contributed by atoms with van der Waals surface area (Å²) in [5.41, 5.74) is 0.325. The minimum atomic E-state index is -3.59. The number of amides is 1. The molecule has 1 amide bonds. The Morgan fingerprint density at radius 2 is 2.24 bits per heavy atom. The Morgan fingerprint density at radius 1 is 1.52 bits per heavy atom. The first-order chi connectivity index (χ1) is 9.87. The molecule has 1 aliphatic rings. The van der Waals surface area contributed by atoms with Crippen LogP contribution in [0.1, 0.15) is 23.3 Å². The number of carbonyl (C=O) groups excluding carboxylic acids is 1. The molecule has 2 N–H and O–H groups in total. The van der Waals surface area contributed by atoms with Gasteiger partial charge in [-0.1, -0.05) is 0 Å². The molecule has 1 aliphatic heterocycles. The fourth-order valence-electron chi connectivity index (χ4n) is 2.54. The molecule has 0 bridgehead atoms. The van der Waals surface area contributed by atoms with Crippen LogP contribution in [0.2, 0.25) is 0 Å². The number of carbonyl (C=O) groups is 1. The molecular weight excluding hydrogens is 292 g/mol. The van der Waals surface area contributed by atoms with Crippen molar-refractivity contribution in [2.24, 2.45) is 7.05 Å². The molecular formula is C13H22N4O3S. The molecule has 1 aromatic rings. The molecule has 118 valence electrons. The number of nitrogens with zero attached hydrogens (tertiary/aromatic N) is 2. The van der Waals surface area contributed by atoms with Gasteiger partial charge in [0.15, 0.2) is 0 Å². The molecule has 7 nitrogen and oxygen atoms in total. The van der Waals surface area contributed by atoms with Gasteiger partial charge in [0.1, 0.15) is 10.6 Å². The Kier molecular flexibility index (Phi) is 4.70. The molecule has 0 spiro atoms. The third kappa shape index (κ3) is 3.12. The number of hydrogen-bond acceptors (Lipinski definition) is 4. The third-order valence-electron chi connectivity index (χ3n) is 3.90. The van der Waals surface area contributed by atoms with E-state index < -0.39 is 10.0 Å². The number of hydrogen-bond donors (Lipinski definition) is 2. The van der Waals surface area contributed by atoms with E-state index in [1.54, 1.807) is 14.1 Å². The number of rotatable bonds is 4. The molecule has 2 heterocycles. The predicted molar refractivity (Wildman–Crippen MR) is 79.6 cm³/mol. The van der Waals surface area contributed by atoms with Gasteiger partial charge < -0.3 is 15.2 Å². The van der Waals surface area contributed by atoms with E-state index >= 15 is 0 Å². The summed E-state index contributed by atoms with van der Waals surface area (Å²) < 4.78 is 28.3. The van der Waals surface area contributed by atoms with Crippen molar-refractivity contribution in [3.8, 4) is 0 Å². The van der Waals surface area contributed by atoms with E-state index in [4.69, 9.17) is 0 Å². The van der Waals surface area contributed by atoms with Crippen molar-refractivity contribution >= 4 is 15.9 Å². The predicted octanol–water partition coefficient (Wildman–Crippen LogP) is -0.243. The number of likely N-dealkylation sites (N-methyl/N-ethyl adjacent to an activating group) is 1. The van der Waals surface area contributed by atoms with Gasteiger partial charge in [-0.2, -0.15) is 4.31 Å². The molecule has 1 atom stereocenters. The van der Waals surface area contributed by atoms with E-state index in [1.165, 1.54) is 28.2 Å². The Balaban J connectivity index is 2.28. The van der Waals surface area contributed by atoms with Crippen LogP contribution in [0.4, 0.5) is 0 Å². The minimum Gasteiger partial charge on any atom is -0.354 e. The second-order valence-corrected chi connectivity index (χ2v) is 7.27. The summed E-state index contributed by atoms with van der Waals surface area (Å²) in [5.74, 6) is -0.305. The van der Waals surface area contributed by atoms with Gasteiger partial charge in [0, 0.05) is 39.9 Å². The second kappa shape index (κ2) is 6.17. The van der Waals surface area contributed by atoms with Crippen molar-refractivity contribution in [3.05, 3.63) is 18.0 Å². The lowest BCUT2D eigenvalue weighted by molar-refractivity contribution is 0.0955. The first-order valence-electron chi connectivity index (χ1n) is 6.95. The first-order valence-corrected chi connectivity index (χ1v) is 8.39. The molecule has 0 radical (unpaired) electrons. The van der Waals surface area contributed by atoms with E-state index in [0.29, 0.717) is 12.2 Å². The number of aryl methyl sites for hydroxylation is 1. The molecule has 21 heavy (non-hydrogen) atoms. The van der Waals surface area contributed by atoms with Crippen LogP contribution in [0.3, 0.4) is 0 Å². The summed E-state index contributed by atoms with van der Waals surface area (Å²) in [5, 5.41) is 5.71. The molecule has 8 heteroatoms. The quantitative estimate of drug-likeness (QED) is 0.803. The van der Waals surface area contributed by atoms with E-state index in [9.17, 15) is 13.2 Å². The maximum atomic E-state index is 12.7. The number of aromatic nitrogens is 1. The van der Waals surface area contributed by atoms with Crippen LogP contribution in [0.25, 0.3) is 0 Å². The van der Waals surface area contributed by atoms with Gasteiger partial charge in [-0.15, -0.1) is 0 Å². The molecule has 1 saturated heterocycles. The SMILES string of the molecule is CNC(=O)c1cc(S(=O)(=O)N(C)C2CCCNC2)cn1C. The van der Waals surface area contributed by atoms with Crippen molar-refractivity contribution in [1.29, 1.82) is 0 Å². The van der Waals surface area contributed by atoms with Gasteiger partial charge in [-0.25, -0.2) is 8.42 Å². The topological polar surface area (TPSA) is 83.4 Å². The highest BCUT2D eigenvalue weighted by atomic mass is 32.2. The smallest absolute Gasteiger partial charge is 0.267 e. The Morgan fingerprint density at radius 3 is 2.81 bits per heavy atom. The Hall–Kier alpha value is -1.38. The second-order valence-electron chi connectivity index (χ2n) is 5.27. The minimum absolute atomic E-state index is 0.0487. The largest absolute Gasteiger partial charge is 0.354 e. The molecule has 1 fully saturated rings. The van der Waals surface area contributed by atoms with Crippen LogP contribution in [0.15, 0.2) is 17.2 Å². The molecule has 0 aromatic carbocycles. The zero-order valence-electron chi connectivity index (χ0n) is 12.6. The number of sulfonamides is 1. The van der Waals surface area contributed by atoms with Crippen LogP contribution >= 0.6 is 0 Å². The van der Waals surface area contributed by atoms with Crippen LogP contribution in [-0.4, -0.2) is 56.4 Å². The highest BCUT2D eigenvalue weighted by Gasteiger charge is 2.30. The average Bonchev–Trinajstić information content (AvgIpc) is 2.89. The summed E-state index contributed by atoms with van der Waals surface area (Å²) in [4.78, 5) is 11.8. The van der Waals surface area contributed by atoms with Crippen molar-refractivity contribution in [3.63, 3.8) is 0 Å². The van der Waals surface area contributed by atoms with E-state index in [2.05, 4.69) is 10.6 Å². The standard InChI is InChI=1S/C13H22N4O3S/c1-14-13(18)12-7-11(9-16(12)2)21(19,20)17(3)10-5-4-6-15-8-10/h7,9-10,15H,4-6,8H2,1-3H3,(H,14,18). The highest BCUT2D eigenvalue weighted by molar-refractivity contribution is 7.89. The average molecular weight is 314 g/mol. The first kappa shape index (κ1) is 16.0. The summed E-state index contributed by atoms with van der Waals surface area (Å²) in [7, 11) is 1.18. The lowest BCUT2D eigenvalue weighted by atomic mass is 10.1. The van der Waals surface area contributed by atoms with Gasteiger partial charge in [0.2, 0.25) is 10.0 Å². The fraction of sp³-hybridized carbons (Fsp3) is 0.615. The highest BCUT2D eigenvalue weighted by Crippen LogP contribution is 2.21. The van der Waals surface area contributed by atoms with Crippen molar-refractivity contribution < 1.29 is 13.2 Å². The third-order valence-corrected chi connectivity index (χ3v) is 5.78. The van der Waals surface area contributed by atoms with E-state index in [1.807, 2.05) is 0 Å². The van der Waals surface area contributed by atoms with Gasteiger partial charge in [-0.3, -0.25) is 4.79 Å². The monoisotopic (exact) mass is 314 g/mol. The number of piperidine rings is 1. The summed E-state index contributed by atoms with van der Waals surface area (Å²) in [6, 6.07) is 1.37. The van der Waals surface area contributed by atoms with Gasteiger partial charge in [-0.05, 0) is 25.5 Å². The van der Waals surface area contributed by atoms with Crippen molar-refractivity contribution in [2.75, 3.05) is 27.2 Å². The lowest BCUT2D eigenvalue weighted by Crippen LogP contribution is -2.46. The van der Waals surface area contributed by atoms with Crippen LogP contribution < -0.4 is 10.6 Å². The maximum absolute atomic E-state index is 12.7. The fourth-order valence-corrected chi connectivity index (χ4v) is 3.99. The van der Waals surface area contributed by atoms with Crippen LogP contribution in [-0.2, 0) is 17.1 Å². The lowest BCUT2D eigenvalue weighted by Gasteiger charge is -2.30. The Bertz CT molecular complexity index is 617. The summed E-state index contributed by atoms with van der Waals surface area (Å²) >= 11 is 0. The zero-order chi connectivity index (χ0) is 15.6. The van der Waals surface area contributed by atoms with Gasteiger partial charge in [0.25, 0.3) is 5.91 Å². The van der Waals surface area contributed by atoms with Gasteiger partial charge in [0.05, 0.1) is 0 Å². The Labute approximate surface area is 125 Å². The summed E-state index contributed by atoms with van der Waals surface area (Å²) in [6.45, 7) is 1.58. The molecule has 0 saturated carbocycles. The number of nitrogens with one attached hydrogen (secondary N) is 2. The molecule has 2 rings (SSSR count). The van der Waals surface area contributed by atoms with E-state index in [-0.39, 0.29) is 16.8 Å².